The predicted molar refractivity (Wildman–Crippen MR) is 109 cm³/mol. The van der Waals surface area contributed by atoms with E-state index in [0.29, 0.717) is 0 Å². The SMILES string of the molecule is C=CC(c1ccc(-c2cccc3ccccc23)s1)S(=O)(=O)n1cccc1. The molecule has 2 aromatic carbocycles. The molecule has 0 amide bonds. The average molecular weight is 380 g/mol. The molecule has 5 heteroatoms. The molecule has 26 heavy (non-hydrogen) atoms. The highest BCUT2D eigenvalue weighted by Gasteiger charge is 2.27. The van der Waals surface area contributed by atoms with Gasteiger partial charge in [-0.3, -0.25) is 3.97 Å². The van der Waals surface area contributed by atoms with Crippen LogP contribution in [0.5, 0.6) is 0 Å². The van der Waals surface area contributed by atoms with Crippen molar-refractivity contribution in [3.8, 4) is 10.4 Å². The molecule has 1 atom stereocenters. The minimum absolute atomic E-state index is 0.761. The quantitative estimate of drug-likeness (QED) is 0.431. The van der Waals surface area contributed by atoms with Gasteiger partial charge in [-0.1, -0.05) is 48.5 Å². The van der Waals surface area contributed by atoms with Crippen LogP contribution >= 0.6 is 11.3 Å². The van der Waals surface area contributed by atoms with Crippen LogP contribution in [-0.2, 0) is 10.0 Å². The number of hydrogen-bond acceptors (Lipinski definition) is 3. The molecule has 0 aliphatic heterocycles. The Hall–Kier alpha value is -2.63. The Morgan fingerprint density at radius 2 is 1.65 bits per heavy atom. The third-order valence-electron chi connectivity index (χ3n) is 4.37. The average Bonchev–Trinajstić information content (AvgIpc) is 3.34. The summed E-state index contributed by atoms with van der Waals surface area (Å²) in [4.78, 5) is 1.81. The fourth-order valence-electron chi connectivity index (χ4n) is 3.09. The number of nitrogens with zero attached hydrogens (tertiary/aromatic N) is 1. The molecule has 4 rings (SSSR count). The fraction of sp³-hybridized carbons (Fsp3) is 0.0476. The predicted octanol–water partition coefficient (Wildman–Crippen LogP) is 5.48. The van der Waals surface area contributed by atoms with E-state index in [0.717, 1.165) is 20.7 Å². The molecule has 4 aromatic rings. The number of hydrogen-bond donors (Lipinski definition) is 0. The van der Waals surface area contributed by atoms with Crippen molar-refractivity contribution in [2.24, 2.45) is 0 Å². The van der Waals surface area contributed by atoms with Crippen molar-refractivity contribution in [3.63, 3.8) is 0 Å². The minimum atomic E-state index is -3.56. The molecule has 3 nitrogen and oxygen atoms in total. The first-order valence-electron chi connectivity index (χ1n) is 8.19. The van der Waals surface area contributed by atoms with E-state index in [9.17, 15) is 8.42 Å². The second-order valence-corrected chi connectivity index (χ2v) is 9.02. The lowest BCUT2D eigenvalue weighted by Crippen LogP contribution is -2.17. The number of aromatic nitrogens is 1. The zero-order valence-electron chi connectivity index (χ0n) is 13.9. The number of fused-ring (bicyclic) bond motifs is 1. The summed E-state index contributed by atoms with van der Waals surface area (Å²) in [5, 5.41) is 1.55. The molecule has 0 bridgehead atoms. The summed E-state index contributed by atoms with van der Waals surface area (Å²) in [6.45, 7) is 3.76. The Morgan fingerprint density at radius 3 is 2.42 bits per heavy atom. The van der Waals surface area contributed by atoms with Gasteiger partial charge in [0.1, 0.15) is 5.25 Å². The number of benzene rings is 2. The Labute approximate surface area is 156 Å². The van der Waals surface area contributed by atoms with Crippen molar-refractivity contribution in [3.05, 3.63) is 96.7 Å². The molecule has 0 fully saturated rings. The summed E-state index contributed by atoms with van der Waals surface area (Å²) in [7, 11) is -3.56. The van der Waals surface area contributed by atoms with Crippen molar-refractivity contribution in [2.45, 2.75) is 5.25 Å². The Kier molecular flexibility index (Phi) is 4.26. The Balaban J connectivity index is 1.79. The molecule has 2 aromatic heterocycles. The molecule has 0 saturated carbocycles. The van der Waals surface area contributed by atoms with Crippen LogP contribution < -0.4 is 0 Å². The Morgan fingerprint density at radius 1 is 0.923 bits per heavy atom. The van der Waals surface area contributed by atoms with Gasteiger partial charge in [-0.05, 0) is 40.6 Å². The van der Waals surface area contributed by atoms with Crippen molar-refractivity contribution in [1.29, 1.82) is 0 Å². The third-order valence-corrected chi connectivity index (χ3v) is 7.64. The topological polar surface area (TPSA) is 39.1 Å². The van der Waals surface area contributed by atoms with E-state index >= 15 is 0 Å². The van der Waals surface area contributed by atoms with Gasteiger partial charge < -0.3 is 0 Å². The van der Waals surface area contributed by atoms with Gasteiger partial charge in [0.2, 0.25) is 10.0 Å². The van der Waals surface area contributed by atoms with Crippen LogP contribution in [0.4, 0.5) is 0 Å². The highest BCUT2D eigenvalue weighted by atomic mass is 32.2. The molecule has 1 unspecified atom stereocenters. The largest absolute Gasteiger partial charge is 0.252 e. The van der Waals surface area contributed by atoms with Crippen LogP contribution in [0.3, 0.4) is 0 Å². The summed E-state index contributed by atoms with van der Waals surface area (Å²) in [5.74, 6) is 0. The first-order chi connectivity index (χ1) is 12.6. The van der Waals surface area contributed by atoms with Crippen LogP contribution in [0.15, 0.2) is 91.8 Å². The molecular weight excluding hydrogens is 362 g/mol. The van der Waals surface area contributed by atoms with Gasteiger partial charge in [-0.15, -0.1) is 17.9 Å². The van der Waals surface area contributed by atoms with E-state index < -0.39 is 15.3 Å². The second-order valence-electron chi connectivity index (χ2n) is 5.94. The lowest BCUT2D eigenvalue weighted by molar-refractivity contribution is 0.582. The summed E-state index contributed by atoms with van der Waals surface area (Å²) in [5.41, 5.74) is 1.11. The summed E-state index contributed by atoms with van der Waals surface area (Å²) < 4.78 is 27.0. The molecule has 130 valence electrons. The van der Waals surface area contributed by atoms with Crippen molar-refractivity contribution >= 4 is 32.1 Å². The van der Waals surface area contributed by atoms with Gasteiger partial charge in [0, 0.05) is 22.1 Å². The molecule has 0 saturated heterocycles. The van der Waals surface area contributed by atoms with Crippen molar-refractivity contribution in [2.75, 3.05) is 0 Å². The van der Waals surface area contributed by atoms with Gasteiger partial charge in [0.25, 0.3) is 0 Å². The molecule has 0 radical (unpaired) electrons. The van der Waals surface area contributed by atoms with Gasteiger partial charge in [-0.25, -0.2) is 8.42 Å². The molecule has 2 heterocycles. The maximum Gasteiger partial charge on any atom is 0.249 e. The van der Waals surface area contributed by atoms with Gasteiger partial charge in [0.15, 0.2) is 0 Å². The van der Waals surface area contributed by atoms with E-state index in [-0.39, 0.29) is 0 Å². The summed E-state index contributed by atoms with van der Waals surface area (Å²) >= 11 is 1.49. The van der Waals surface area contributed by atoms with Crippen LogP contribution in [0.2, 0.25) is 0 Å². The Bertz CT molecular complexity index is 1170. The van der Waals surface area contributed by atoms with Crippen molar-refractivity contribution in [1.82, 2.24) is 3.97 Å². The standard InChI is InChI=1S/C21H17NO2S2/c1-2-21(26(23,24)22-14-5-6-15-22)20-13-12-19(25-20)18-11-7-9-16-8-3-4-10-17(16)18/h2-15,21H,1H2. The van der Waals surface area contributed by atoms with E-state index in [2.05, 4.69) is 30.8 Å². The first-order valence-corrected chi connectivity index (χ1v) is 10.5. The highest BCUT2D eigenvalue weighted by molar-refractivity contribution is 7.90. The second kappa shape index (κ2) is 6.59. The van der Waals surface area contributed by atoms with Crippen LogP contribution in [0.25, 0.3) is 21.2 Å². The monoisotopic (exact) mass is 379 g/mol. The summed E-state index contributed by atoms with van der Waals surface area (Å²) in [6.07, 6.45) is 4.59. The van der Waals surface area contributed by atoms with Gasteiger partial charge in [0.05, 0.1) is 0 Å². The smallest absolute Gasteiger partial charge is 0.249 e. The van der Waals surface area contributed by atoms with E-state index in [4.69, 9.17) is 0 Å². The lowest BCUT2D eigenvalue weighted by Gasteiger charge is -2.13. The number of rotatable bonds is 5. The highest BCUT2D eigenvalue weighted by Crippen LogP contribution is 2.38. The van der Waals surface area contributed by atoms with Crippen LogP contribution in [-0.4, -0.2) is 12.4 Å². The number of thiophene rings is 1. The minimum Gasteiger partial charge on any atom is -0.252 e. The van der Waals surface area contributed by atoms with Crippen LogP contribution in [0, 0.1) is 0 Å². The van der Waals surface area contributed by atoms with E-state index in [1.54, 1.807) is 24.5 Å². The summed E-state index contributed by atoms with van der Waals surface area (Å²) in [6, 6.07) is 21.7. The molecule has 0 aliphatic rings. The van der Waals surface area contributed by atoms with Gasteiger partial charge in [-0.2, -0.15) is 0 Å². The maximum absolute atomic E-state index is 12.9. The van der Waals surface area contributed by atoms with Gasteiger partial charge >= 0.3 is 0 Å². The molecule has 0 N–H and O–H groups in total. The lowest BCUT2D eigenvalue weighted by atomic mass is 10.0. The van der Waals surface area contributed by atoms with Crippen molar-refractivity contribution < 1.29 is 8.42 Å². The van der Waals surface area contributed by atoms with Crippen LogP contribution in [0.1, 0.15) is 10.1 Å². The molecule has 0 spiro atoms. The zero-order chi connectivity index (χ0) is 18.1. The van der Waals surface area contributed by atoms with E-state index in [1.165, 1.54) is 26.8 Å². The first kappa shape index (κ1) is 16.8. The van der Waals surface area contributed by atoms with E-state index in [1.807, 2.05) is 30.3 Å². The fourth-order valence-corrected chi connectivity index (χ4v) is 5.99. The maximum atomic E-state index is 12.9. The normalized spacial score (nSPS) is 12.9. The zero-order valence-corrected chi connectivity index (χ0v) is 15.6. The molecular formula is C21H17NO2S2. The third kappa shape index (κ3) is 2.79. The molecule has 0 aliphatic carbocycles.